The van der Waals surface area contributed by atoms with E-state index < -0.39 is 5.60 Å². The second-order valence-corrected chi connectivity index (χ2v) is 11.1. The molecule has 2 aliphatic heterocycles. The van der Waals surface area contributed by atoms with E-state index in [9.17, 15) is 14.7 Å². The van der Waals surface area contributed by atoms with E-state index in [1.165, 1.54) is 0 Å². The Hall–Kier alpha value is -3.46. The van der Waals surface area contributed by atoms with Crippen LogP contribution in [0.15, 0.2) is 78.0 Å². The van der Waals surface area contributed by atoms with E-state index in [1.54, 1.807) is 17.0 Å². The normalized spacial score (nSPS) is 22.3. The fourth-order valence-corrected chi connectivity index (χ4v) is 6.19. The predicted octanol–water partition coefficient (Wildman–Crippen LogP) is 3.59. The van der Waals surface area contributed by atoms with E-state index in [0.717, 1.165) is 24.1 Å². The van der Waals surface area contributed by atoms with Gasteiger partial charge in [-0.05, 0) is 67.6 Å². The van der Waals surface area contributed by atoms with Crippen molar-refractivity contribution in [2.24, 2.45) is 5.92 Å². The van der Waals surface area contributed by atoms with Crippen LogP contribution >= 0.6 is 11.6 Å². The van der Waals surface area contributed by atoms with Crippen LogP contribution in [0.4, 0.5) is 0 Å². The molecule has 6 rings (SSSR count). The maximum atomic E-state index is 13.6. The molecule has 0 unspecified atom stereocenters. The summed E-state index contributed by atoms with van der Waals surface area (Å²) in [5.41, 5.74) is 0.995. The van der Waals surface area contributed by atoms with Crippen LogP contribution in [0.2, 0.25) is 5.02 Å². The number of halogens is 1. The minimum atomic E-state index is -1.41. The summed E-state index contributed by atoms with van der Waals surface area (Å²) in [7, 11) is 0. The van der Waals surface area contributed by atoms with Gasteiger partial charge in [0.1, 0.15) is 0 Å². The summed E-state index contributed by atoms with van der Waals surface area (Å²) in [6.45, 7) is 2.87. The van der Waals surface area contributed by atoms with Crippen molar-refractivity contribution < 1.29 is 9.90 Å². The van der Waals surface area contributed by atoms with Gasteiger partial charge in [0.15, 0.2) is 11.2 Å². The SMILES string of the molecule is O=C(N1CCC(Cn2cnc3c(ccn3-c3ccc(Cl)cc3)c2=O)CC1)[C@@]1(O)CCNC[C@H]1c1ccccc1. The zero-order valence-corrected chi connectivity index (χ0v) is 22.4. The number of nitrogens with zero attached hydrogens (tertiary/aromatic N) is 4. The number of piperidine rings is 2. The minimum Gasteiger partial charge on any atom is -0.379 e. The van der Waals surface area contributed by atoms with Gasteiger partial charge in [-0.2, -0.15) is 0 Å². The third kappa shape index (κ3) is 4.88. The van der Waals surface area contributed by atoms with Crippen molar-refractivity contribution >= 4 is 28.5 Å². The van der Waals surface area contributed by atoms with E-state index in [4.69, 9.17) is 11.6 Å². The molecule has 1 amide bonds. The Labute approximate surface area is 231 Å². The number of carbonyl (C=O) groups excluding carboxylic acids is 1. The molecule has 0 bridgehead atoms. The maximum Gasteiger partial charge on any atom is 0.262 e. The quantitative estimate of drug-likeness (QED) is 0.400. The van der Waals surface area contributed by atoms with Gasteiger partial charge < -0.3 is 19.9 Å². The Morgan fingerprint density at radius 3 is 2.56 bits per heavy atom. The largest absolute Gasteiger partial charge is 0.379 e. The van der Waals surface area contributed by atoms with Crippen LogP contribution in [0.5, 0.6) is 0 Å². The monoisotopic (exact) mass is 545 g/mol. The second kappa shape index (κ2) is 10.6. The van der Waals surface area contributed by atoms with Crippen molar-refractivity contribution in [2.45, 2.75) is 37.3 Å². The molecule has 0 spiro atoms. The van der Waals surface area contributed by atoms with E-state index in [0.29, 0.717) is 55.2 Å². The van der Waals surface area contributed by atoms with Crippen LogP contribution in [0.1, 0.15) is 30.7 Å². The first-order valence-electron chi connectivity index (χ1n) is 13.5. The topological polar surface area (TPSA) is 92.4 Å². The summed E-state index contributed by atoms with van der Waals surface area (Å²) >= 11 is 6.02. The molecule has 8 nitrogen and oxygen atoms in total. The number of nitrogens with one attached hydrogen (secondary N) is 1. The highest BCUT2D eigenvalue weighted by Crippen LogP contribution is 2.36. The summed E-state index contributed by atoms with van der Waals surface area (Å²) in [6.07, 6.45) is 5.41. The molecule has 202 valence electrons. The summed E-state index contributed by atoms with van der Waals surface area (Å²) < 4.78 is 3.57. The maximum absolute atomic E-state index is 13.6. The molecule has 0 aliphatic carbocycles. The number of hydrogen-bond acceptors (Lipinski definition) is 5. The molecule has 2 N–H and O–H groups in total. The Morgan fingerprint density at radius 2 is 1.82 bits per heavy atom. The molecule has 2 atom stereocenters. The Kier molecular flexibility index (Phi) is 7.01. The third-order valence-electron chi connectivity index (χ3n) is 8.31. The van der Waals surface area contributed by atoms with E-state index >= 15 is 0 Å². The lowest BCUT2D eigenvalue weighted by atomic mass is 9.76. The van der Waals surface area contributed by atoms with Crippen LogP contribution in [0.25, 0.3) is 16.7 Å². The van der Waals surface area contributed by atoms with Crippen LogP contribution in [0, 0.1) is 5.92 Å². The fourth-order valence-electron chi connectivity index (χ4n) is 6.07. The Balaban J connectivity index is 1.13. The molecule has 0 radical (unpaired) electrons. The number of aliphatic hydroxyl groups is 1. The average Bonchev–Trinajstić information content (AvgIpc) is 3.41. The van der Waals surface area contributed by atoms with Crippen molar-refractivity contribution in [3.05, 3.63) is 94.1 Å². The van der Waals surface area contributed by atoms with Gasteiger partial charge in [0.2, 0.25) is 0 Å². The van der Waals surface area contributed by atoms with Gasteiger partial charge in [-0.15, -0.1) is 0 Å². The van der Waals surface area contributed by atoms with Crippen molar-refractivity contribution in [3.8, 4) is 5.69 Å². The zero-order chi connectivity index (χ0) is 27.0. The van der Waals surface area contributed by atoms with E-state index in [1.807, 2.05) is 70.3 Å². The number of amides is 1. The van der Waals surface area contributed by atoms with Gasteiger partial charge in [0.05, 0.1) is 11.7 Å². The van der Waals surface area contributed by atoms with Gasteiger partial charge in [0.25, 0.3) is 11.5 Å². The standard InChI is InChI=1S/C30H32ClN5O3/c31-23-6-8-24(9-7-23)36-17-12-25-27(36)33-20-35(28(25)37)19-21-10-15-34(16-11-21)29(38)30(39)13-14-32-18-26(30)22-4-2-1-3-5-22/h1-9,12,17,20-21,26,32,39H,10-11,13-16,18-19H2/t26-,30+/m0/s1. The number of carbonyl (C=O) groups is 1. The van der Waals surface area contributed by atoms with Crippen molar-refractivity contribution in [2.75, 3.05) is 26.2 Å². The number of likely N-dealkylation sites (tertiary alicyclic amines) is 1. The number of fused-ring (bicyclic) bond motifs is 1. The fraction of sp³-hybridized carbons (Fsp3) is 0.367. The molecule has 4 heterocycles. The highest BCUT2D eigenvalue weighted by Gasteiger charge is 2.48. The average molecular weight is 546 g/mol. The summed E-state index contributed by atoms with van der Waals surface area (Å²) in [5, 5.41) is 16.2. The summed E-state index contributed by atoms with van der Waals surface area (Å²) in [4.78, 5) is 33.3. The van der Waals surface area contributed by atoms with Crippen LogP contribution < -0.4 is 10.9 Å². The molecular weight excluding hydrogens is 514 g/mol. The summed E-state index contributed by atoms with van der Waals surface area (Å²) in [6, 6.07) is 19.0. The predicted molar refractivity (Wildman–Crippen MR) is 151 cm³/mol. The van der Waals surface area contributed by atoms with Gasteiger partial charge in [-0.25, -0.2) is 4.98 Å². The van der Waals surface area contributed by atoms with Crippen molar-refractivity contribution in [1.82, 2.24) is 24.3 Å². The Bertz CT molecular complexity index is 1530. The molecule has 2 saturated heterocycles. The molecule has 39 heavy (non-hydrogen) atoms. The lowest BCUT2D eigenvalue weighted by Gasteiger charge is -2.43. The minimum absolute atomic E-state index is 0.0686. The van der Waals surface area contributed by atoms with Gasteiger partial charge in [0, 0.05) is 49.0 Å². The first-order valence-corrected chi connectivity index (χ1v) is 13.9. The highest BCUT2D eigenvalue weighted by atomic mass is 35.5. The third-order valence-corrected chi connectivity index (χ3v) is 8.56. The lowest BCUT2D eigenvalue weighted by Crippen LogP contribution is -2.59. The number of rotatable bonds is 5. The smallest absolute Gasteiger partial charge is 0.262 e. The van der Waals surface area contributed by atoms with Crippen LogP contribution in [-0.4, -0.2) is 61.8 Å². The molecule has 0 saturated carbocycles. The molecule has 2 aromatic carbocycles. The number of aromatic nitrogens is 3. The lowest BCUT2D eigenvalue weighted by molar-refractivity contribution is -0.158. The molecule has 2 aliphatic rings. The zero-order valence-electron chi connectivity index (χ0n) is 21.7. The molecule has 9 heteroatoms. The number of benzene rings is 2. The number of hydrogen-bond donors (Lipinski definition) is 2. The molecular formula is C30H32ClN5O3. The molecule has 4 aromatic rings. The van der Waals surface area contributed by atoms with Crippen LogP contribution in [0.3, 0.4) is 0 Å². The second-order valence-electron chi connectivity index (χ2n) is 10.7. The van der Waals surface area contributed by atoms with Gasteiger partial charge >= 0.3 is 0 Å². The van der Waals surface area contributed by atoms with Crippen molar-refractivity contribution in [1.29, 1.82) is 0 Å². The van der Waals surface area contributed by atoms with E-state index in [2.05, 4.69) is 10.3 Å². The molecule has 2 fully saturated rings. The van der Waals surface area contributed by atoms with E-state index in [-0.39, 0.29) is 23.3 Å². The summed E-state index contributed by atoms with van der Waals surface area (Å²) in [5.74, 6) is -0.216. The first kappa shape index (κ1) is 25.8. The van der Waals surface area contributed by atoms with Gasteiger partial charge in [-0.3, -0.25) is 14.2 Å². The Morgan fingerprint density at radius 1 is 1.08 bits per heavy atom. The first-order chi connectivity index (χ1) is 18.9. The van der Waals surface area contributed by atoms with Gasteiger partial charge in [-0.1, -0.05) is 41.9 Å². The van der Waals surface area contributed by atoms with Crippen LogP contribution in [-0.2, 0) is 11.3 Å². The molecule has 2 aromatic heterocycles. The highest BCUT2D eigenvalue weighted by molar-refractivity contribution is 6.30. The van der Waals surface area contributed by atoms with Crippen molar-refractivity contribution in [3.63, 3.8) is 0 Å².